The van der Waals surface area contributed by atoms with Crippen LogP contribution in [0, 0.1) is 5.92 Å². The monoisotopic (exact) mass is 534 g/mol. The van der Waals surface area contributed by atoms with E-state index in [4.69, 9.17) is 4.42 Å². The van der Waals surface area contributed by atoms with E-state index in [1.54, 1.807) is 18.2 Å². The van der Waals surface area contributed by atoms with Crippen molar-refractivity contribution in [3.63, 3.8) is 0 Å². The first-order valence-corrected chi connectivity index (χ1v) is 11.7. The second kappa shape index (κ2) is 9.38. The molecule has 0 saturated carbocycles. The molecule has 0 spiro atoms. The third-order valence-electron chi connectivity index (χ3n) is 6.68. The van der Waals surface area contributed by atoms with Crippen molar-refractivity contribution in [3.05, 3.63) is 71.8 Å². The van der Waals surface area contributed by atoms with Crippen molar-refractivity contribution in [1.82, 2.24) is 4.98 Å². The van der Waals surface area contributed by atoms with Gasteiger partial charge in [0.05, 0.1) is 17.0 Å². The Bertz CT molecular complexity index is 1480. The number of carboxylic acids is 1. The first kappa shape index (κ1) is 25.6. The number of piperidine rings is 1. The molecule has 0 amide bonds. The Labute approximate surface area is 212 Å². The molecule has 38 heavy (non-hydrogen) atoms. The molecule has 1 aromatic heterocycles. The second-order valence-corrected chi connectivity index (χ2v) is 9.10. The van der Waals surface area contributed by atoms with Crippen molar-refractivity contribution in [2.45, 2.75) is 25.2 Å². The average molecular weight is 534 g/mol. The molecule has 2 heterocycles. The molecule has 1 aliphatic heterocycles. The van der Waals surface area contributed by atoms with Crippen LogP contribution in [-0.2, 0) is 17.1 Å². The lowest BCUT2D eigenvalue weighted by Crippen LogP contribution is -2.36. The molecule has 11 heteroatoms. The van der Waals surface area contributed by atoms with Crippen molar-refractivity contribution < 1.29 is 40.7 Å². The van der Waals surface area contributed by atoms with Crippen molar-refractivity contribution in [1.29, 1.82) is 0 Å². The number of hydrogen-bond acceptors (Lipinski definition) is 4. The summed E-state index contributed by atoms with van der Waals surface area (Å²) in [7, 11) is 0. The minimum atomic E-state index is -4.78. The summed E-state index contributed by atoms with van der Waals surface area (Å²) < 4.78 is 86.2. The normalized spacial score (nSPS) is 15.3. The van der Waals surface area contributed by atoms with Crippen LogP contribution in [-0.4, -0.2) is 29.1 Å². The minimum Gasteiger partial charge on any atom is -0.481 e. The van der Waals surface area contributed by atoms with Crippen LogP contribution < -0.4 is 4.90 Å². The number of aromatic nitrogens is 1. The van der Waals surface area contributed by atoms with Gasteiger partial charge in [-0.15, -0.1) is 0 Å². The minimum absolute atomic E-state index is 0.00856. The fourth-order valence-corrected chi connectivity index (χ4v) is 4.62. The second-order valence-electron chi connectivity index (χ2n) is 9.10. The molecule has 0 radical (unpaired) electrons. The number of anilines is 1. The molecule has 1 aliphatic rings. The molecule has 5 rings (SSSR count). The van der Waals surface area contributed by atoms with Gasteiger partial charge in [0.25, 0.3) is 0 Å². The predicted octanol–water partition coefficient (Wildman–Crippen LogP) is 7.50. The van der Waals surface area contributed by atoms with Gasteiger partial charge in [0.1, 0.15) is 5.52 Å². The van der Waals surface area contributed by atoms with Crippen LogP contribution in [0.3, 0.4) is 0 Å². The van der Waals surface area contributed by atoms with Gasteiger partial charge in [-0.05, 0) is 66.4 Å². The van der Waals surface area contributed by atoms with Crippen LogP contribution in [0.1, 0.15) is 24.0 Å². The highest BCUT2D eigenvalue weighted by Gasteiger charge is 2.35. The highest BCUT2D eigenvalue weighted by molar-refractivity contribution is 5.81. The van der Waals surface area contributed by atoms with Crippen molar-refractivity contribution in [2.24, 2.45) is 5.92 Å². The summed E-state index contributed by atoms with van der Waals surface area (Å²) in [6, 6.07) is 12.1. The lowest BCUT2D eigenvalue weighted by Gasteiger charge is -2.31. The topological polar surface area (TPSA) is 66.6 Å². The number of benzene rings is 3. The summed E-state index contributed by atoms with van der Waals surface area (Å²) in [6.07, 6.45) is -8.38. The third kappa shape index (κ3) is 5.05. The van der Waals surface area contributed by atoms with E-state index in [-0.39, 0.29) is 28.5 Å². The zero-order valence-electron chi connectivity index (χ0n) is 19.6. The molecule has 1 saturated heterocycles. The lowest BCUT2D eigenvalue weighted by atomic mass is 9.96. The maximum atomic E-state index is 14.0. The zero-order valence-corrected chi connectivity index (χ0v) is 19.6. The number of hydrogen-bond donors (Lipinski definition) is 1. The Morgan fingerprint density at radius 3 is 2.13 bits per heavy atom. The Hall–Kier alpha value is -4.02. The Morgan fingerprint density at radius 2 is 1.53 bits per heavy atom. The Balaban J connectivity index is 1.46. The fraction of sp³-hybridized carbons (Fsp3) is 0.259. The molecular formula is C27H20F6N2O3. The Kier molecular flexibility index (Phi) is 6.32. The van der Waals surface area contributed by atoms with E-state index < -0.39 is 29.4 Å². The van der Waals surface area contributed by atoms with E-state index in [9.17, 15) is 36.2 Å². The number of aliphatic carboxylic acids is 1. The van der Waals surface area contributed by atoms with E-state index in [0.29, 0.717) is 37.0 Å². The van der Waals surface area contributed by atoms with Gasteiger partial charge in [-0.2, -0.15) is 26.3 Å². The number of halogens is 6. The molecule has 198 valence electrons. The van der Waals surface area contributed by atoms with E-state index in [1.807, 2.05) is 4.90 Å². The van der Waals surface area contributed by atoms with E-state index >= 15 is 0 Å². The lowest BCUT2D eigenvalue weighted by molar-refractivity contribution is -0.142. The number of alkyl halides is 6. The molecule has 4 aromatic rings. The largest absolute Gasteiger partial charge is 0.481 e. The first-order chi connectivity index (χ1) is 17.9. The summed E-state index contributed by atoms with van der Waals surface area (Å²) in [4.78, 5) is 17.6. The summed E-state index contributed by atoms with van der Waals surface area (Å²) in [5, 5.41) is 9.19. The molecule has 3 aromatic carbocycles. The number of rotatable bonds is 4. The quantitative estimate of drug-likeness (QED) is 0.275. The van der Waals surface area contributed by atoms with Crippen LogP contribution in [0.2, 0.25) is 0 Å². The summed E-state index contributed by atoms with van der Waals surface area (Å²) in [5.74, 6) is -1.24. The number of carbonyl (C=O) groups is 1. The van der Waals surface area contributed by atoms with Gasteiger partial charge < -0.3 is 14.4 Å². The molecule has 1 fully saturated rings. The number of nitrogens with zero attached hydrogens (tertiary/aromatic N) is 2. The SMILES string of the molecule is O=C(O)C1CCN(c2ccc3oc(-c4ccc(-c5ccc(C(F)(F)F)cc5)c(C(F)(F)F)c4)nc3c2)CC1. The van der Waals surface area contributed by atoms with Gasteiger partial charge in [0.15, 0.2) is 5.58 Å². The van der Waals surface area contributed by atoms with Crippen LogP contribution in [0.15, 0.2) is 65.1 Å². The predicted molar refractivity (Wildman–Crippen MR) is 127 cm³/mol. The van der Waals surface area contributed by atoms with Gasteiger partial charge in [-0.3, -0.25) is 4.79 Å². The highest BCUT2D eigenvalue weighted by atomic mass is 19.4. The summed E-state index contributed by atoms with van der Waals surface area (Å²) in [5.41, 5.74) is -0.600. The van der Waals surface area contributed by atoms with E-state index in [1.165, 1.54) is 12.1 Å². The van der Waals surface area contributed by atoms with E-state index in [0.717, 1.165) is 36.0 Å². The maximum Gasteiger partial charge on any atom is 0.417 e. The molecule has 0 aliphatic carbocycles. The number of carboxylic acid groups (broad SMARTS) is 1. The van der Waals surface area contributed by atoms with Gasteiger partial charge in [0, 0.05) is 24.3 Å². The molecule has 0 bridgehead atoms. The average Bonchev–Trinajstić information content (AvgIpc) is 3.31. The molecule has 0 unspecified atom stereocenters. The smallest absolute Gasteiger partial charge is 0.417 e. The maximum absolute atomic E-state index is 14.0. The molecule has 0 atom stereocenters. The van der Waals surface area contributed by atoms with Gasteiger partial charge in [0.2, 0.25) is 5.89 Å². The van der Waals surface area contributed by atoms with Gasteiger partial charge in [-0.25, -0.2) is 4.98 Å². The van der Waals surface area contributed by atoms with Crippen LogP contribution in [0.4, 0.5) is 32.0 Å². The molecule has 1 N–H and O–H groups in total. The van der Waals surface area contributed by atoms with Crippen LogP contribution in [0.5, 0.6) is 0 Å². The number of oxazole rings is 1. The van der Waals surface area contributed by atoms with Gasteiger partial charge >= 0.3 is 18.3 Å². The van der Waals surface area contributed by atoms with Gasteiger partial charge in [-0.1, -0.05) is 18.2 Å². The molecular weight excluding hydrogens is 514 g/mol. The summed E-state index contributed by atoms with van der Waals surface area (Å²) in [6.45, 7) is 1.10. The third-order valence-corrected chi connectivity index (χ3v) is 6.68. The van der Waals surface area contributed by atoms with Crippen molar-refractivity contribution >= 4 is 22.8 Å². The fourth-order valence-electron chi connectivity index (χ4n) is 4.62. The van der Waals surface area contributed by atoms with Crippen molar-refractivity contribution in [3.8, 4) is 22.6 Å². The zero-order chi connectivity index (χ0) is 27.2. The van der Waals surface area contributed by atoms with Crippen molar-refractivity contribution in [2.75, 3.05) is 18.0 Å². The number of fused-ring (bicyclic) bond motifs is 1. The standard InChI is InChI=1S/C27H20F6N2O3/c28-26(29,30)18-4-1-15(2-5-18)20-7-3-17(13-21(20)27(31,32)33)24-34-22-14-19(6-8-23(22)38-24)35-11-9-16(10-12-35)25(36)37/h1-8,13-14,16H,9-12H2,(H,36,37). The van der Waals surface area contributed by atoms with Crippen LogP contribution >= 0.6 is 0 Å². The van der Waals surface area contributed by atoms with Crippen LogP contribution in [0.25, 0.3) is 33.7 Å². The van der Waals surface area contributed by atoms with E-state index in [2.05, 4.69) is 4.98 Å². The molecule has 5 nitrogen and oxygen atoms in total. The highest BCUT2D eigenvalue weighted by Crippen LogP contribution is 2.41. The Morgan fingerprint density at radius 1 is 0.868 bits per heavy atom. The first-order valence-electron chi connectivity index (χ1n) is 11.7. The summed E-state index contributed by atoms with van der Waals surface area (Å²) >= 11 is 0.